The van der Waals surface area contributed by atoms with Crippen molar-refractivity contribution in [1.82, 2.24) is 9.88 Å². The van der Waals surface area contributed by atoms with Gasteiger partial charge in [0.25, 0.3) is 5.91 Å². The lowest BCUT2D eigenvalue weighted by atomic mass is 10.0. The standard InChI is InChI=1S/C27H29N3O3S.ClH/c1-29(2)14-15-30(27-28-22-17-23(32-3)24(33-4)18-25(22)34-27)26(31)21-12-10-20(11-13-21)16-19-8-6-5-7-9-19;/h5-13,17-18H,14-16H2,1-4H3;1H. The van der Waals surface area contributed by atoms with Crippen LogP contribution in [0.25, 0.3) is 10.2 Å². The lowest BCUT2D eigenvalue weighted by Crippen LogP contribution is -2.36. The van der Waals surface area contributed by atoms with E-state index in [0.717, 1.165) is 23.2 Å². The van der Waals surface area contributed by atoms with Gasteiger partial charge in [0.15, 0.2) is 16.6 Å². The highest BCUT2D eigenvalue weighted by atomic mass is 35.5. The fraction of sp³-hybridized carbons (Fsp3) is 0.259. The van der Waals surface area contributed by atoms with Crippen molar-refractivity contribution in [1.29, 1.82) is 0 Å². The third-order valence-electron chi connectivity index (χ3n) is 5.58. The summed E-state index contributed by atoms with van der Waals surface area (Å²) < 4.78 is 11.8. The first-order valence-electron chi connectivity index (χ1n) is 11.1. The zero-order chi connectivity index (χ0) is 24.1. The number of carbonyl (C=O) groups is 1. The Bertz CT molecular complexity index is 1220. The van der Waals surface area contributed by atoms with Gasteiger partial charge in [0.1, 0.15) is 0 Å². The van der Waals surface area contributed by atoms with E-state index in [1.54, 1.807) is 19.1 Å². The monoisotopic (exact) mass is 511 g/mol. The number of anilines is 1. The van der Waals surface area contributed by atoms with E-state index in [2.05, 4.69) is 17.0 Å². The molecule has 0 atom stereocenters. The van der Waals surface area contributed by atoms with E-state index in [0.29, 0.717) is 28.7 Å². The fourth-order valence-electron chi connectivity index (χ4n) is 3.70. The largest absolute Gasteiger partial charge is 0.493 e. The molecule has 6 nitrogen and oxygen atoms in total. The van der Waals surface area contributed by atoms with E-state index < -0.39 is 0 Å². The molecule has 0 aliphatic carbocycles. The molecule has 3 aromatic carbocycles. The quantitative estimate of drug-likeness (QED) is 0.295. The van der Waals surface area contributed by atoms with E-state index in [-0.39, 0.29) is 18.3 Å². The van der Waals surface area contributed by atoms with Crippen LogP contribution >= 0.6 is 23.7 Å². The number of carbonyl (C=O) groups excluding carboxylic acids is 1. The van der Waals surface area contributed by atoms with Crippen LogP contribution in [0.2, 0.25) is 0 Å². The fourth-order valence-corrected chi connectivity index (χ4v) is 4.70. The van der Waals surface area contributed by atoms with Crippen molar-refractivity contribution in [3.63, 3.8) is 0 Å². The molecule has 4 aromatic rings. The number of fused-ring (bicyclic) bond motifs is 1. The summed E-state index contributed by atoms with van der Waals surface area (Å²) in [5.74, 6) is 1.20. The second-order valence-corrected chi connectivity index (χ2v) is 9.30. The first kappa shape index (κ1) is 26.5. The number of hydrogen-bond acceptors (Lipinski definition) is 6. The number of rotatable bonds is 9. The van der Waals surface area contributed by atoms with Gasteiger partial charge in [0.2, 0.25) is 0 Å². The highest BCUT2D eigenvalue weighted by Gasteiger charge is 2.22. The summed E-state index contributed by atoms with van der Waals surface area (Å²) in [6.45, 7) is 1.26. The number of methoxy groups -OCH3 is 2. The Morgan fingerprint density at radius 3 is 2.14 bits per heavy atom. The van der Waals surface area contributed by atoms with Crippen LogP contribution in [0, 0.1) is 0 Å². The zero-order valence-corrected chi connectivity index (χ0v) is 22.0. The highest BCUT2D eigenvalue weighted by Crippen LogP contribution is 2.37. The van der Waals surface area contributed by atoms with Crippen LogP contribution in [0.4, 0.5) is 5.13 Å². The molecular weight excluding hydrogens is 482 g/mol. The van der Waals surface area contributed by atoms with Gasteiger partial charge in [-0.2, -0.15) is 0 Å². The van der Waals surface area contributed by atoms with Crippen molar-refractivity contribution in [2.24, 2.45) is 0 Å². The predicted octanol–water partition coefficient (Wildman–Crippen LogP) is 5.53. The lowest BCUT2D eigenvalue weighted by Gasteiger charge is -2.22. The number of amides is 1. The molecule has 0 radical (unpaired) electrons. The topological polar surface area (TPSA) is 54.9 Å². The van der Waals surface area contributed by atoms with Crippen molar-refractivity contribution in [2.45, 2.75) is 6.42 Å². The van der Waals surface area contributed by atoms with Crippen LogP contribution in [0.3, 0.4) is 0 Å². The summed E-state index contributed by atoms with van der Waals surface area (Å²) in [5.41, 5.74) is 3.83. The number of nitrogens with zero attached hydrogens (tertiary/aromatic N) is 3. The Balaban J connectivity index is 0.00000342. The van der Waals surface area contributed by atoms with E-state index in [1.807, 2.05) is 68.7 Å². The molecule has 4 rings (SSSR count). The molecule has 35 heavy (non-hydrogen) atoms. The second kappa shape index (κ2) is 12.0. The van der Waals surface area contributed by atoms with E-state index in [4.69, 9.17) is 14.5 Å². The van der Waals surface area contributed by atoms with Crippen LogP contribution in [-0.2, 0) is 6.42 Å². The van der Waals surface area contributed by atoms with Crippen LogP contribution < -0.4 is 14.4 Å². The minimum Gasteiger partial charge on any atom is -0.493 e. The van der Waals surface area contributed by atoms with Gasteiger partial charge in [-0.3, -0.25) is 9.69 Å². The average molecular weight is 512 g/mol. The van der Waals surface area contributed by atoms with Gasteiger partial charge in [0, 0.05) is 30.8 Å². The van der Waals surface area contributed by atoms with E-state index >= 15 is 0 Å². The third kappa shape index (κ3) is 6.31. The molecule has 0 bridgehead atoms. The Hall–Kier alpha value is -3.13. The summed E-state index contributed by atoms with van der Waals surface area (Å²) in [7, 11) is 7.20. The lowest BCUT2D eigenvalue weighted by molar-refractivity contribution is 0.0985. The molecule has 0 fully saturated rings. The maximum atomic E-state index is 13.6. The number of ether oxygens (including phenoxy) is 2. The number of hydrogen-bond donors (Lipinski definition) is 0. The predicted molar refractivity (Wildman–Crippen MR) is 146 cm³/mol. The van der Waals surface area contributed by atoms with Gasteiger partial charge in [0.05, 0.1) is 24.4 Å². The van der Waals surface area contributed by atoms with Gasteiger partial charge >= 0.3 is 0 Å². The number of aromatic nitrogens is 1. The van der Waals surface area contributed by atoms with Crippen LogP contribution in [0.5, 0.6) is 11.5 Å². The van der Waals surface area contributed by atoms with Crippen molar-refractivity contribution in [3.8, 4) is 11.5 Å². The van der Waals surface area contributed by atoms with Gasteiger partial charge in [-0.25, -0.2) is 4.98 Å². The molecular formula is C27H30ClN3O3S. The SMILES string of the molecule is COc1cc2nc(N(CCN(C)C)C(=O)c3ccc(Cc4ccccc4)cc3)sc2cc1OC.Cl. The van der Waals surface area contributed by atoms with Gasteiger partial charge < -0.3 is 14.4 Å². The van der Waals surface area contributed by atoms with Gasteiger partial charge in [-0.05, 0) is 43.8 Å². The number of thiazole rings is 1. The molecule has 1 heterocycles. The summed E-state index contributed by atoms with van der Waals surface area (Å²) in [4.78, 5) is 22.2. The molecule has 0 saturated carbocycles. The highest BCUT2D eigenvalue weighted by molar-refractivity contribution is 7.22. The molecule has 0 saturated heterocycles. The Labute approximate surface area is 216 Å². The molecule has 0 aliphatic rings. The van der Waals surface area contributed by atoms with Crippen molar-refractivity contribution in [3.05, 3.63) is 83.4 Å². The van der Waals surface area contributed by atoms with E-state index in [1.165, 1.54) is 22.5 Å². The normalized spacial score (nSPS) is 10.8. The van der Waals surface area contributed by atoms with Gasteiger partial charge in [-0.15, -0.1) is 12.4 Å². The zero-order valence-electron chi connectivity index (χ0n) is 20.4. The van der Waals surface area contributed by atoms with Crippen molar-refractivity contribution >= 4 is 45.0 Å². The maximum Gasteiger partial charge on any atom is 0.260 e. The Morgan fingerprint density at radius 1 is 0.886 bits per heavy atom. The van der Waals surface area contributed by atoms with Crippen LogP contribution in [0.1, 0.15) is 21.5 Å². The maximum absolute atomic E-state index is 13.6. The van der Waals surface area contributed by atoms with Crippen molar-refractivity contribution in [2.75, 3.05) is 46.3 Å². The molecule has 8 heteroatoms. The average Bonchev–Trinajstić information content (AvgIpc) is 3.26. The first-order chi connectivity index (χ1) is 16.5. The summed E-state index contributed by atoms with van der Waals surface area (Å²) in [6.07, 6.45) is 0.835. The summed E-state index contributed by atoms with van der Waals surface area (Å²) >= 11 is 1.47. The first-order valence-corrected chi connectivity index (χ1v) is 11.9. The van der Waals surface area contributed by atoms with E-state index in [9.17, 15) is 4.79 Å². The molecule has 0 aliphatic heterocycles. The van der Waals surface area contributed by atoms with Crippen molar-refractivity contribution < 1.29 is 14.3 Å². The summed E-state index contributed by atoms with van der Waals surface area (Å²) in [6, 6.07) is 21.9. The molecule has 0 spiro atoms. The van der Waals surface area contributed by atoms with Gasteiger partial charge in [-0.1, -0.05) is 53.8 Å². The molecule has 1 aromatic heterocycles. The second-order valence-electron chi connectivity index (χ2n) is 8.29. The minimum absolute atomic E-state index is 0. The summed E-state index contributed by atoms with van der Waals surface area (Å²) in [5, 5.41) is 0.658. The smallest absolute Gasteiger partial charge is 0.260 e. The molecule has 184 valence electrons. The number of benzene rings is 3. The minimum atomic E-state index is -0.0638. The molecule has 0 N–H and O–H groups in total. The molecule has 1 amide bonds. The number of halogens is 1. The third-order valence-corrected chi connectivity index (χ3v) is 6.62. The van der Waals surface area contributed by atoms with Crippen LogP contribution in [0.15, 0.2) is 66.7 Å². The van der Waals surface area contributed by atoms with Crippen LogP contribution in [-0.4, -0.2) is 57.2 Å². The number of likely N-dealkylation sites (N-methyl/N-ethyl adjacent to an activating group) is 1. The molecule has 0 unspecified atom stereocenters. The Kier molecular flexibility index (Phi) is 9.09. The Morgan fingerprint density at radius 2 is 1.51 bits per heavy atom.